The van der Waals surface area contributed by atoms with Gasteiger partial charge in [0.2, 0.25) is 11.8 Å². The highest BCUT2D eigenvalue weighted by Crippen LogP contribution is 2.45. The van der Waals surface area contributed by atoms with Crippen LogP contribution in [0.25, 0.3) is 11.3 Å². The van der Waals surface area contributed by atoms with E-state index in [-0.39, 0.29) is 11.8 Å². The molecular formula is C22H20N4O. The van der Waals surface area contributed by atoms with Gasteiger partial charge in [0, 0.05) is 5.92 Å². The van der Waals surface area contributed by atoms with Crippen molar-refractivity contribution in [2.24, 2.45) is 5.92 Å². The van der Waals surface area contributed by atoms with E-state index in [2.05, 4.69) is 54.4 Å². The summed E-state index contributed by atoms with van der Waals surface area (Å²) >= 11 is 0. The fourth-order valence-corrected chi connectivity index (χ4v) is 3.59. The smallest absolute Gasteiger partial charge is 0.244 e. The molecule has 0 saturated heterocycles. The number of fused-ring (bicyclic) bond motifs is 1. The number of aromatic nitrogens is 2. The van der Waals surface area contributed by atoms with E-state index in [9.17, 15) is 5.26 Å². The van der Waals surface area contributed by atoms with Gasteiger partial charge < -0.3 is 4.74 Å². The number of H-pyrrole nitrogens is 1. The lowest BCUT2D eigenvalue weighted by Crippen LogP contribution is -2.30. The summed E-state index contributed by atoms with van der Waals surface area (Å²) in [5.74, 6) is -0.246. The first kappa shape index (κ1) is 17.0. The van der Waals surface area contributed by atoms with Crippen molar-refractivity contribution < 1.29 is 4.74 Å². The fraction of sp³-hybridized carbons (Fsp3) is 0.227. The van der Waals surface area contributed by atoms with Crippen molar-refractivity contribution in [1.82, 2.24) is 10.2 Å². The minimum Gasteiger partial charge on any atom is -0.422 e. The molecule has 3 aromatic rings. The highest BCUT2D eigenvalue weighted by molar-refractivity contribution is 5.86. The summed E-state index contributed by atoms with van der Waals surface area (Å²) < 4.78 is 5.57. The molecule has 0 fully saturated rings. The van der Waals surface area contributed by atoms with Crippen molar-refractivity contribution in [3.8, 4) is 23.2 Å². The first-order valence-corrected chi connectivity index (χ1v) is 8.99. The van der Waals surface area contributed by atoms with Gasteiger partial charge in [0.15, 0.2) is 0 Å². The third kappa shape index (κ3) is 2.89. The van der Waals surface area contributed by atoms with E-state index in [4.69, 9.17) is 10.1 Å². The zero-order valence-electron chi connectivity index (χ0n) is 15.2. The maximum absolute atomic E-state index is 9.76. The Kier molecular flexibility index (Phi) is 4.25. The van der Waals surface area contributed by atoms with Gasteiger partial charge in [-0.15, -0.1) is 5.10 Å². The topological polar surface area (TPSA) is 85.5 Å². The molecule has 0 saturated carbocycles. The van der Waals surface area contributed by atoms with Crippen LogP contribution in [-0.2, 0) is 0 Å². The van der Waals surface area contributed by atoms with Crippen LogP contribution in [-0.4, -0.2) is 16.1 Å². The molecule has 0 aliphatic carbocycles. The van der Waals surface area contributed by atoms with Crippen molar-refractivity contribution >= 4 is 5.90 Å². The second-order valence-electron chi connectivity index (χ2n) is 7.06. The number of hydrogen-bond acceptors (Lipinski definition) is 4. The van der Waals surface area contributed by atoms with Crippen LogP contribution < -0.4 is 4.74 Å². The van der Waals surface area contributed by atoms with Gasteiger partial charge in [-0.25, -0.2) is 0 Å². The van der Waals surface area contributed by atoms with Crippen LogP contribution in [0.3, 0.4) is 0 Å². The number of nitrogens with zero attached hydrogens (tertiary/aromatic N) is 2. The second kappa shape index (κ2) is 6.73. The van der Waals surface area contributed by atoms with Gasteiger partial charge in [0.1, 0.15) is 5.92 Å². The molecule has 5 heteroatoms. The number of rotatable bonds is 3. The molecule has 2 atom stereocenters. The molecule has 0 bridgehead atoms. The molecule has 1 aliphatic heterocycles. The standard InChI is InChI=1S/C22H20N4O/c1-13(2)14-8-10-15(11-9-14)18-17(12-23)21(24)27-22-19(18)20(25-26-22)16-6-4-3-5-7-16/h3-11,13,17-18,24H,1-2H3,(H,25,26). The summed E-state index contributed by atoms with van der Waals surface area (Å²) in [6, 6.07) is 20.4. The number of aromatic amines is 1. The minimum absolute atomic E-state index is 0.0611. The van der Waals surface area contributed by atoms with Crippen LogP contribution in [0.4, 0.5) is 0 Å². The maximum Gasteiger partial charge on any atom is 0.244 e. The van der Waals surface area contributed by atoms with Crippen molar-refractivity contribution in [3.05, 3.63) is 71.3 Å². The third-order valence-corrected chi connectivity index (χ3v) is 5.07. The summed E-state index contributed by atoms with van der Waals surface area (Å²) in [4.78, 5) is 0. The third-order valence-electron chi connectivity index (χ3n) is 5.07. The Morgan fingerprint density at radius 2 is 1.81 bits per heavy atom. The Morgan fingerprint density at radius 1 is 1.11 bits per heavy atom. The molecule has 27 heavy (non-hydrogen) atoms. The summed E-state index contributed by atoms with van der Waals surface area (Å²) in [6.45, 7) is 4.30. The molecule has 5 nitrogen and oxygen atoms in total. The van der Waals surface area contributed by atoms with Crippen molar-refractivity contribution in [2.75, 3.05) is 0 Å². The predicted octanol–water partition coefficient (Wildman–Crippen LogP) is 4.84. The van der Waals surface area contributed by atoms with Crippen LogP contribution in [0, 0.1) is 22.7 Å². The quantitative estimate of drug-likeness (QED) is 0.704. The molecule has 1 aromatic heterocycles. The predicted molar refractivity (Wildman–Crippen MR) is 104 cm³/mol. The summed E-state index contributed by atoms with van der Waals surface area (Å²) in [5, 5.41) is 25.3. The highest BCUT2D eigenvalue weighted by atomic mass is 16.5. The summed E-state index contributed by atoms with van der Waals surface area (Å²) in [6.07, 6.45) is 0. The van der Waals surface area contributed by atoms with Crippen LogP contribution in [0.2, 0.25) is 0 Å². The maximum atomic E-state index is 9.76. The monoisotopic (exact) mass is 356 g/mol. The lowest BCUT2D eigenvalue weighted by molar-refractivity contribution is 0.437. The Labute approximate surface area is 158 Å². The van der Waals surface area contributed by atoms with Crippen LogP contribution in [0.1, 0.15) is 42.4 Å². The Bertz CT molecular complexity index is 1010. The van der Waals surface area contributed by atoms with E-state index in [0.29, 0.717) is 11.8 Å². The molecule has 0 radical (unpaired) electrons. The average Bonchev–Trinajstić information content (AvgIpc) is 3.11. The number of nitrogens with one attached hydrogen (secondary N) is 2. The van der Waals surface area contributed by atoms with Crippen molar-refractivity contribution in [3.63, 3.8) is 0 Å². The molecule has 134 valence electrons. The number of nitriles is 1. The van der Waals surface area contributed by atoms with Crippen LogP contribution >= 0.6 is 0 Å². The first-order chi connectivity index (χ1) is 13.1. The normalized spacial score (nSPS) is 18.7. The number of benzene rings is 2. The van der Waals surface area contributed by atoms with Gasteiger partial charge >= 0.3 is 0 Å². The van der Waals surface area contributed by atoms with Crippen molar-refractivity contribution in [2.45, 2.75) is 25.7 Å². The van der Waals surface area contributed by atoms with E-state index >= 15 is 0 Å². The van der Waals surface area contributed by atoms with E-state index in [1.54, 1.807) is 0 Å². The minimum atomic E-state index is -0.692. The number of ether oxygens (including phenoxy) is 1. The largest absolute Gasteiger partial charge is 0.422 e. The van der Waals surface area contributed by atoms with Gasteiger partial charge in [0.25, 0.3) is 0 Å². The van der Waals surface area contributed by atoms with Gasteiger partial charge in [-0.3, -0.25) is 10.5 Å². The number of hydrogen-bond donors (Lipinski definition) is 2. The Morgan fingerprint density at radius 3 is 2.44 bits per heavy atom. The molecule has 0 spiro atoms. The van der Waals surface area contributed by atoms with Gasteiger partial charge in [-0.1, -0.05) is 68.4 Å². The Balaban J connectivity index is 1.89. The lowest BCUT2D eigenvalue weighted by Gasteiger charge is -2.28. The van der Waals surface area contributed by atoms with Gasteiger partial charge in [0.05, 0.1) is 17.3 Å². The van der Waals surface area contributed by atoms with E-state index in [0.717, 1.165) is 22.4 Å². The van der Waals surface area contributed by atoms with Gasteiger partial charge in [-0.2, -0.15) is 5.26 Å². The Hall–Kier alpha value is -3.39. The zero-order valence-corrected chi connectivity index (χ0v) is 15.2. The molecule has 2 N–H and O–H groups in total. The second-order valence-corrected chi connectivity index (χ2v) is 7.06. The molecule has 2 aromatic carbocycles. The van der Waals surface area contributed by atoms with E-state index in [1.807, 2.05) is 30.3 Å². The average molecular weight is 356 g/mol. The van der Waals surface area contributed by atoms with Crippen LogP contribution in [0.15, 0.2) is 54.6 Å². The summed E-state index contributed by atoms with van der Waals surface area (Å²) in [5.41, 5.74) is 4.87. The zero-order chi connectivity index (χ0) is 19.0. The lowest BCUT2D eigenvalue weighted by atomic mass is 9.78. The highest BCUT2D eigenvalue weighted by Gasteiger charge is 2.40. The molecule has 1 aliphatic rings. The molecule has 2 heterocycles. The summed E-state index contributed by atoms with van der Waals surface area (Å²) in [7, 11) is 0. The van der Waals surface area contributed by atoms with Gasteiger partial charge in [-0.05, 0) is 22.6 Å². The molecule has 4 rings (SSSR count). The van der Waals surface area contributed by atoms with Crippen molar-refractivity contribution in [1.29, 1.82) is 10.7 Å². The molecule has 0 amide bonds. The fourth-order valence-electron chi connectivity index (χ4n) is 3.59. The van der Waals surface area contributed by atoms with E-state index in [1.165, 1.54) is 5.56 Å². The molecular weight excluding hydrogens is 336 g/mol. The molecule has 2 unspecified atom stereocenters. The van der Waals surface area contributed by atoms with E-state index < -0.39 is 5.92 Å². The SMILES string of the molecule is CC(C)c1ccc(C2c3c(n[nH]c3-c3ccccc3)OC(=N)C2C#N)cc1. The van der Waals surface area contributed by atoms with Crippen LogP contribution in [0.5, 0.6) is 5.88 Å². The first-order valence-electron chi connectivity index (χ1n) is 8.99.